The van der Waals surface area contributed by atoms with Gasteiger partial charge in [0.15, 0.2) is 0 Å². The lowest BCUT2D eigenvalue weighted by atomic mass is 9.88. The van der Waals surface area contributed by atoms with Gasteiger partial charge in [-0.15, -0.1) is 0 Å². The second kappa shape index (κ2) is 10.2. The molecule has 0 saturated carbocycles. The van der Waals surface area contributed by atoms with E-state index in [2.05, 4.69) is 35.1 Å². The third kappa shape index (κ3) is 5.45. The molecule has 2 unspecified atom stereocenters. The Morgan fingerprint density at radius 3 is 2.55 bits per heavy atom. The second-order valence-corrected chi connectivity index (χ2v) is 8.98. The third-order valence-electron chi connectivity index (χ3n) is 6.12. The van der Waals surface area contributed by atoms with E-state index in [-0.39, 0.29) is 23.7 Å². The molecule has 1 amide bonds. The Kier molecular flexibility index (Phi) is 7.14. The molecule has 170 valence electrons. The van der Waals surface area contributed by atoms with Crippen LogP contribution in [0.15, 0.2) is 79.0 Å². The summed E-state index contributed by atoms with van der Waals surface area (Å²) in [4.78, 5) is 12.9. The zero-order valence-electron chi connectivity index (χ0n) is 18.9. The molecular formula is C28H28ClFN2O. The van der Waals surface area contributed by atoms with Gasteiger partial charge in [0.1, 0.15) is 5.82 Å². The van der Waals surface area contributed by atoms with Crippen LogP contribution < -0.4 is 5.32 Å². The number of aromatic nitrogens is 1. The lowest BCUT2D eigenvalue weighted by Gasteiger charge is -2.19. The van der Waals surface area contributed by atoms with Crippen molar-refractivity contribution in [3.05, 3.63) is 107 Å². The van der Waals surface area contributed by atoms with Crippen LogP contribution in [0.25, 0.3) is 10.9 Å². The molecule has 0 spiro atoms. The molecule has 0 aliphatic heterocycles. The van der Waals surface area contributed by atoms with E-state index in [1.165, 1.54) is 12.1 Å². The number of benzene rings is 3. The molecule has 33 heavy (non-hydrogen) atoms. The van der Waals surface area contributed by atoms with Crippen molar-refractivity contribution >= 4 is 28.4 Å². The number of fused-ring (bicyclic) bond motifs is 1. The highest BCUT2D eigenvalue weighted by Crippen LogP contribution is 2.36. The van der Waals surface area contributed by atoms with Crippen molar-refractivity contribution in [3.8, 4) is 0 Å². The topological polar surface area (TPSA) is 34.0 Å². The quantitative estimate of drug-likeness (QED) is 0.303. The minimum atomic E-state index is -0.245. The highest BCUT2D eigenvalue weighted by atomic mass is 35.5. The Morgan fingerprint density at radius 1 is 1.06 bits per heavy atom. The first-order chi connectivity index (χ1) is 15.9. The lowest BCUT2D eigenvalue weighted by molar-refractivity contribution is -0.121. The summed E-state index contributed by atoms with van der Waals surface area (Å²) in [5.74, 6) is -0.373. The van der Waals surface area contributed by atoms with Gasteiger partial charge in [0.25, 0.3) is 0 Å². The maximum absolute atomic E-state index is 13.4. The van der Waals surface area contributed by atoms with Crippen LogP contribution in [0.3, 0.4) is 0 Å². The summed E-state index contributed by atoms with van der Waals surface area (Å²) < 4.78 is 15.6. The Balaban J connectivity index is 1.77. The van der Waals surface area contributed by atoms with E-state index < -0.39 is 0 Å². The minimum Gasteiger partial charge on any atom is -0.354 e. The molecule has 5 heteroatoms. The van der Waals surface area contributed by atoms with Gasteiger partial charge in [-0.2, -0.15) is 0 Å². The van der Waals surface area contributed by atoms with Gasteiger partial charge in [-0.05, 0) is 60.4 Å². The summed E-state index contributed by atoms with van der Waals surface area (Å²) in [6, 6.07) is 22.6. The van der Waals surface area contributed by atoms with E-state index >= 15 is 0 Å². The first kappa shape index (κ1) is 23.1. The number of carbonyl (C=O) groups is 1. The molecule has 3 aromatic carbocycles. The smallest absolute Gasteiger partial charge is 0.221 e. The molecule has 0 fully saturated rings. The normalized spacial score (nSPS) is 13.1. The highest BCUT2D eigenvalue weighted by molar-refractivity contribution is 6.30. The van der Waals surface area contributed by atoms with E-state index in [4.69, 9.17) is 11.6 Å². The number of hydrogen-bond acceptors (Lipinski definition) is 1. The van der Waals surface area contributed by atoms with Gasteiger partial charge in [-0.25, -0.2) is 4.39 Å². The number of hydrogen-bond donors (Lipinski definition) is 1. The van der Waals surface area contributed by atoms with Crippen LogP contribution in [-0.2, 0) is 11.3 Å². The van der Waals surface area contributed by atoms with Crippen LogP contribution >= 0.6 is 11.6 Å². The standard InChI is InChI=1S/C28H28ClFN2O/c1-3-19(2)31-28(33)16-25(21-7-6-8-22(29)15-21)26-18-32(27-10-5-4-9-24(26)27)17-20-11-13-23(30)14-12-20/h4-15,18-19,25H,3,16-17H2,1-2H3,(H,31,33). The molecule has 2 atom stereocenters. The van der Waals surface area contributed by atoms with Crippen molar-refractivity contribution in [2.45, 2.75) is 45.2 Å². The Bertz CT molecular complexity index is 1250. The number of rotatable bonds is 8. The van der Waals surface area contributed by atoms with E-state index in [1.54, 1.807) is 12.1 Å². The van der Waals surface area contributed by atoms with E-state index in [9.17, 15) is 9.18 Å². The SMILES string of the molecule is CCC(C)NC(=O)CC(c1cccc(Cl)c1)c1cn(Cc2ccc(F)cc2)c2ccccc12. The van der Waals surface area contributed by atoms with Crippen molar-refractivity contribution in [2.24, 2.45) is 0 Å². The third-order valence-corrected chi connectivity index (χ3v) is 6.36. The van der Waals surface area contributed by atoms with Crippen molar-refractivity contribution in [3.63, 3.8) is 0 Å². The molecule has 0 bridgehead atoms. The fourth-order valence-corrected chi connectivity index (χ4v) is 4.42. The van der Waals surface area contributed by atoms with Crippen molar-refractivity contribution in [1.29, 1.82) is 0 Å². The molecule has 1 heterocycles. The zero-order chi connectivity index (χ0) is 23.4. The molecular weight excluding hydrogens is 435 g/mol. The number of amides is 1. The second-order valence-electron chi connectivity index (χ2n) is 8.54. The van der Waals surface area contributed by atoms with Crippen LogP contribution in [0, 0.1) is 5.82 Å². The molecule has 3 nitrogen and oxygen atoms in total. The first-order valence-electron chi connectivity index (χ1n) is 11.3. The van der Waals surface area contributed by atoms with Crippen LogP contribution in [0.5, 0.6) is 0 Å². The maximum atomic E-state index is 13.4. The first-order valence-corrected chi connectivity index (χ1v) is 11.7. The largest absolute Gasteiger partial charge is 0.354 e. The molecule has 0 radical (unpaired) electrons. The Morgan fingerprint density at radius 2 is 1.82 bits per heavy atom. The van der Waals surface area contributed by atoms with Gasteiger partial charge < -0.3 is 9.88 Å². The van der Waals surface area contributed by atoms with Crippen molar-refractivity contribution in [2.75, 3.05) is 0 Å². The van der Waals surface area contributed by atoms with Gasteiger partial charge in [0.2, 0.25) is 5.91 Å². The molecule has 1 aromatic heterocycles. The fourth-order valence-electron chi connectivity index (χ4n) is 4.22. The maximum Gasteiger partial charge on any atom is 0.221 e. The van der Waals surface area contributed by atoms with E-state index in [0.29, 0.717) is 18.0 Å². The van der Waals surface area contributed by atoms with Gasteiger partial charge >= 0.3 is 0 Å². The van der Waals surface area contributed by atoms with E-state index in [0.717, 1.165) is 34.0 Å². The van der Waals surface area contributed by atoms with Gasteiger partial charge in [-0.3, -0.25) is 4.79 Å². The number of para-hydroxylation sites is 1. The molecule has 0 saturated heterocycles. The average Bonchev–Trinajstić information content (AvgIpc) is 3.17. The van der Waals surface area contributed by atoms with E-state index in [1.807, 2.05) is 43.3 Å². The molecule has 4 rings (SSSR count). The molecule has 4 aromatic rings. The summed E-state index contributed by atoms with van der Waals surface area (Å²) in [5, 5.41) is 4.85. The van der Waals surface area contributed by atoms with Crippen LogP contribution in [-0.4, -0.2) is 16.5 Å². The van der Waals surface area contributed by atoms with Gasteiger partial charge in [0.05, 0.1) is 0 Å². The van der Waals surface area contributed by atoms with Gasteiger partial charge in [-0.1, -0.05) is 61.0 Å². The van der Waals surface area contributed by atoms with Gasteiger partial charge in [0, 0.05) is 47.0 Å². The predicted molar refractivity (Wildman–Crippen MR) is 133 cm³/mol. The number of nitrogens with zero attached hydrogens (tertiary/aromatic N) is 1. The highest BCUT2D eigenvalue weighted by Gasteiger charge is 2.23. The van der Waals surface area contributed by atoms with Crippen molar-refractivity contribution in [1.82, 2.24) is 9.88 Å². The minimum absolute atomic E-state index is 0.0182. The van der Waals surface area contributed by atoms with Crippen LogP contribution in [0.4, 0.5) is 4.39 Å². The average molecular weight is 463 g/mol. The number of nitrogens with one attached hydrogen (secondary N) is 1. The Hall–Kier alpha value is -3.11. The summed E-state index contributed by atoms with van der Waals surface area (Å²) in [7, 11) is 0. The molecule has 1 N–H and O–H groups in total. The summed E-state index contributed by atoms with van der Waals surface area (Å²) in [5.41, 5.74) is 4.17. The monoisotopic (exact) mass is 462 g/mol. The van der Waals surface area contributed by atoms with Crippen LogP contribution in [0.2, 0.25) is 5.02 Å². The Labute approximate surface area is 199 Å². The lowest BCUT2D eigenvalue weighted by Crippen LogP contribution is -2.33. The summed E-state index contributed by atoms with van der Waals surface area (Å²) in [6.45, 7) is 4.69. The molecule has 0 aliphatic rings. The number of halogens is 2. The van der Waals surface area contributed by atoms with Crippen LogP contribution in [0.1, 0.15) is 49.3 Å². The summed E-state index contributed by atoms with van der Waals surface area (Å²) in [6.07, 6.45) is 3.33. The van der Waals surface area contributed by atoms with Crippen molar-refractivity contribution < 1.29 is 9.18 Å². The fraction of sp³-hybridized carbons (Fsp3) is 0.250. The zero-order valence-corrected chi connectivity index (χ0v) is 19.6. The molecule has 0 aliphatic carbocycles. The predicted octanol–water partition coefficient (Wildman–Crippen LogP) is 6.92. The summed E-state index contributed by atoms with van der Waals surface area (Å²) >= 11 is 6.33. The number of carbonyl (C=O) groups excluding carboxylic acids is 1.